The van der Waals surface area contributed by atoms with Gasteiger partial charge < -0.3 is 10.1 Å². The molecule has 0 spiro atoms. The Balaban J connectivity index is 1.69. The van der Waals surface area contributed by atoms with Crippen LogP contribution < -0.4 is 9.62 Å². The van der Waals surface area contributed by atoms with Crippen molar-refractivity contribution in [3.8, 4) is 0 Å². The molecule has 2 aromatic carbocycles. The standard InChI is InChI=1S/C23H28N2O5S/c1-4-6-13-30-23(27)17-7-10-20(11-8-17)24-22(26)18-9-12-21-19(15-18)14-16(3)25(21)31(28,29)5-2/h7-12,15-16H,4-6,13-14H2,1-3H3,(H,24,26)/t16-/m0/s1. The number of rotatable bonds is 8. The van der Waals surface area contributed by atoms with E-state index < -0.39 is 10.0 Å². The van der Waals surface area contributed by atoms with E-state index in [0.717, 1.165) is 18.4 Å². The first-order valence-corrected chi connectivity index (χ1v) is 12.1. The van der Waals surface area contributed by atoms with E-state index in [9.17, 15) is 18.0 Å². The van der Waals surface area contributed by atoms with Crippen molar-refractivity contribution in [3.05, 3.63) is 59.2 Å². The van der Waals surface area contributed by atoms with Crippen molar-refractivity contribution in [2.75, 3.05) is 22.0 Å². The molecule has 0 radical (unpaired) electrons. The van der Waals surface area contributed by atoms with Crippen molar-refractivity contribution in [1.29, 1.82) is 0 Å². The van der Waals surface area contributed by atoms with E-state index in [1.54, 1.807) is 49.4 Å². The molecule has 166 valence electrons. The lowest BCUT2D eigenvalue weighted by Gasteiger charge is -2.23. The zero-order valence-electron chi connectivity index (χ0n) is 18.1. The fourth-order valence-electron chi connectivity index (χ4n) is 3.59. The number of ether oxygens (including phenoxy) is 1. The van der Waals surface area contributed by atoms with E-state index in [0.29, 0.717) is 35.5 Å². The Morgan fingerprint density at radius 1 is 1.10 bits per heavy atom. The van der Waals surface area contributed by atoms with Gasteiger partial charge in [0, 0.05) is 17.3 Å². The third kappa shape index (κ3) is 5.07. The van der Waals surface area contributed by atoms with Gasteiger partial charge in [0.1, 0.15) is 0 Å². The molecule has 1 aliphatic heterocycles. The first kappa shape index (κ1) is 22.8. The molecule has 7 nitrogen and oxygen atoms in total. The maximum atomic E-state index is 12.7. The van der Waals surface area contributed by atoms with Crippen LogP contribution in [0.25, 0.3) is 0 Å². The Bertz CT molecular complexity index is 1060. The van der Waals surface area contributed by atoms with Crippen LogP contribution >= 0.6 is 0 Å². The minimum Gasteiger partial charge on any atom is -0.462 e. The SMILES string of the molecule is CCCCOC(=O)c1ccc(NC(=O)c2ccc3c(c2)C[C@H](C)N3S(=O)(=O)CC)cc1. The number of amides is 1. The van der Waals surface area contributed by atoms with Gasteiger partial charge in [-0.3, -0.25) is 9.10 Å². The summed E-state index contributed by atoms with van der Waals surface area (Å²) < 4.78 is 31.4. The molecule has 1 atom stereocenters. The van der Waals surface area contributed by atoms with Crippen LogP contribution in [0.4, 0.5) is 11.4 Å². The van der Waals surface area contributed by atoms with Crippen LogP contribution in [0.5, 0.6) is 0 Å². The maximum Gasteiger partial charge on any atom is 0.338 e. The number of hydrogen-bond acceptors (Lipinski definition) is 5. The van der Waals surface area contributed by atoms with E-state index in [1.807, 2.05) is 13.8 Å². The Labute approximate surface area is 183 Å². The van der Waals surface area contributed by atoms with Crippen molar-refractivity contribution in [3.63, 3.8) is 0 Å². The number of esters is 1. The quantitative estimate of drug-likeness (QED) is 0.491. The molecule has 0 fully saturated rings. The molecule has 31 heavy (non-hydrogen) atoms. The summed E-state index contributed by atoms with van der Waals surface area (Å²) in [5.41, 5.74) is 2.90. The lowest BCUT2D eigenvalue weighted by molar-refractivity contribution is 0.0499. The normalized spacial score (nSPS) is 15.5. The fraction of sp³-hybridized carbons (Fsp3) is 0.391. The predicted molar refractivity (Wildman–Crippen MR) is 121 cm³/mol. The fourth-order valence-corrected chi connectivity index (χ4v) is 4.97. The average Bonchev–Trinajstić information content (AvgIpc) is 3.10. The van der Waals surface area contributed by atoms with E-state index >= 15 is 0 Å². The van der Waals surface area contributed by atoms with Crippen LogP contribution in [0, 0.1) is 0 Å². The van der Waals surface area contributed by atoms with Gasteiger partial charge in [0.05, 0.1) is 23.6 Å². The minimum absolute atomic E-state index is 0.0289. The second kappa shape index (κ2) is 9.51. The zero-order valence-corrected chi connectivity index (χ0v) is 18.9. The van der Waals surface area contributed by atoms with Gasteiger partial charge in [-0.2, -0.15) is 0 Å². The molecule has 2 aromatic rings. The molecule has 0 saturated heterocycles. The second-order valence-corrected chi connectivity index (χ2v) is 9.75. The highest BCUT2D eigenvalue weighted by atomic mass is 32.2. The van der Waals surface area contributed by atoms with Gasteiger partial charge in [-0.15, -0.1) is 0 Å². The molecule has 3 rings (SSSR count). The number of sulfonamides is 1. The van der Waals surface area contributed by atoms with E-state index in [-0.39, 0.29) is 23.7 Å². The average molecular weight is 445 g/mol. The highest BCUT2D eigenvalue weighted by molar-refractivity contribution is 7.92. The monoisotopic (exact) mass is 444 g/mol. The first-order chi connectivity index (χ1) is 14.8. The van der Waals surface area contributed by atoms with Gasteiger partial charge in [0.15, 0.2) is 0 Å². The molecule has 1 aliphatic rings. The summed E-state index contributed by atoms with van der Waals surface area (Å²) >= 11 is 0. The van der Waals surface area contributed by atoms with E-state index in [4.69, 9.17) is 4.74 Å². The molecular formula is C23H28N2O5S. The molecule has 0 bridgehead atoms. The highest BCUT2D eigenvalue weighted by Crippen LogP contribution is 2.35. The van der Waals surface area contributed by atoms with Crippen molar-refractivity contribution in [2.24, 2.45) is 0 Å². The second-order valence-electron chi connectivity index (χ2n) is 7.61. The summed E-state index contributed by atoms with van der Waals surface area (Å²) in [7, 11) is -3.37. The smallest absolute Gasteiger partial charge is 0.338 e. The van der Waals surface area contributed by atoms with Gasteiger partial charge >= 0.3 is 5.97 Å². The number of benzene rings is 2. The number of carbonyl (C=O) groups excluding carboxylic acids is 2. The lowest BCUT2D eigenvalue weighted by atomic mass is 10.1. The number of hydrogen-bond donors (Lipinski definition) is 1. The van der Waals surface area contributed by atoms with Gasteiger partial charge in [-0.25, -0.2) is 13.2 Å². The Kier molecular flexibility index (Phi) is 7.00. The molecular weight excluding hydrogens is 416 g/mol. The number of unbranched alkanes of at least 4 members (excludes halogenated alkanes) is 1. The van der Waals surface area contributed by atoms with Crippen molar-refractivity contribution < 1.29 is 22.7 Å². The number of fused-ring (bicyclic) bond motifs is 1. The summed E-state index contributed by atoms with van der Waals surface area (Å²) in [6.45, 7) is 5.90. The van der Waals surface area contributed by atoms with Crippen LogP contribution in [0.1, 0.15) is 59.9 Å². The molecule has 0 unspecified atom stereocenters. The van der Waals surface area contributed by atoms with Crippen molar-refractivity contribution in [1.82, 2.24) is 0 Å². The number of nitrogens with zero attached hydrogens (tertiary/aromatic N) is 1. The third-order valence-electron chi connectivity index (χ3n) is 5.27. The molecule has 1 heterocycles. The Morgan fingerprint density at radius 2 is 1.77 bits per heavy atom. The van der Waals surface area contributed by atoms with Crippen LogP contribution in [-0.4, -0.2) is 38.7 Å². The van der Waals surface area contributed by atoms with Gasteiger partial charge in [0.25, 0.3) is 5.91 Å². The number of carbonyl (C=O) groups is 2. The molecule has 1 amide bonds. The van der Waals surface area contributed by atoms with Crippen molar-refractivity contribution >= 4 is 33.3 Å². The minimum atomic E-state index is -3.37. The molecule has 0 aliphatic carbocycles. The predicted octanol–water partition coefficient (Wildman–Crippen LogP) is 4.00. The van der Waals surface area contributed by atoms with Crippen molar-refractivity contribution in [2.45, 2.75) is 46.1 Å². The number of anilines is 2. The molecule has 0 aromatic heterocycles. The summed E-state index contributed by atoms with van der Waals surface area (Å²) in [5.74, 6) is -0.655. The molecule has 0 saturated carbocycles. The maximum absolute atomic E-state index is 12.7. The largest absolute Gasteiger partial charge is 0.462 e. The van der Waals surface area contributed by atoms with Crippen LogP contribution in [0.15, 0.2) is 42.5 Å². The first-order valence-electron chi connectivity index (χ1n) is 10.5. The van der Waals surface area contributed by atoms with Crippen LogP contribution in [0.3, 0.4) is 0 Å². The summed E-state index contributed by atoms with van der Waals surface area (Å²) in [6.07, 6.45) is 2.33. The molecule has 8 heteroatoms. The summed E-state index contributed by atoms with van der Waals surface area (Å²) in [5, 5.41) is 2.81. The van der Waals surface area contributed by atoms with Gasteiger partial charge in [-0.1, -0.05) is 13.3 Å². The summed E-state index contributed by atoms with van der Waals surface area (Å²) in [6, 6.07) is 11.4. The Hall–Kier alpha value is -2.87. The van der Waals surface area contributed by atoms with E-state index in [1.165, 1.54) is 4.31 Å². The van der Waals surface area contributed by atoms with E-state index in [2.05, 4.69) is 5.32 Å². The Morgan fingerprint density at radius 3 is 2.42 bits per heavy atom. The topological polar surface area (TPSA) is 92.8 Å². The van der Waals surface area contributed by atoms with Crippen LogP contribution in [-0.2, 0) is 21.2 Å². The lowest BCUT2D eigenvalue weighted by Crippen LogP contribution is -2.36. The van der Waals surface area contributed by atoms with Gasteiger partial charge in [-0.05, 0) is 74.7 Å². The van der Waals surface area contributed by atoms with Gasteiger partial charge in [0.2, 0.25) is 10.0 Å². The molecule has 1 N–H and O–H groups in total. The van der Waals surface area contributed by atoms with Crippen LogP contribution in [0.2, 0.25) is 0 Å². The highest BCUT2D eigenvalue weighted by Gasteiger charge is 2.34. The zero-order chi connectivity index (χ0) is 22.6. The third-order valence-corrected chi connectivity index (χ3v) is 7.15. The summed E-state index contributed by atoms with van der Waals surface area (Å²) in [4.78, 5) is 24.7. The number of nitrogens with one attached hydrogen (secondary N) is 1.